The van der Waals surface area contributed by atoms with Gasteiger partial charge in [0.1, 0.15) is 0 Å². The maximum absolute atomic E-state index is 12.1. The fraction of sp³-hybridized carbons (Fsp3) is 0.632. The van der Waals surface area contributed by atoms with Gasteiger partial charge in [0.2, 0.25) is 0 Å². The summed E-state index contributed by atoms with van der Waals surface area (Å²) in [5.74, 6) is 0. The summed E-state index contributed by atoms with van der Waals surface area (Å²) in [6.45, 7) is 10.3. The predicted octanol–water partition coefficient (Wildman–Crippen LogP) is 2.42. The van der Waals surface area contributed by atoms with E-state index in [2.05, 4.69) is 39.6 Å². The third-order valence-electron chi connectivity index (χ3n) is 5.22. The first-order chi connectivity index (χ1) is 11.9. The van der Waals surface area contributed by atoms with Crippen LogP contribution in [0.5, 0.6) is 0 Å². The highest BCUT2D eigenvalue weighted by Crippen LogP contribution is 2.23. The largest absolute Gasteiger partial charge is 0.388 e. The van der Waals surface area contributed by atoms with Gasteiger partial charge in [-0.2, -0.15) is 0 Å². The highest BCUT2D eigenvalue weighted by molar-refractivity contribution is 5.90. The summed E-state index contributed by atoms with van der Waals surface area (Å²) < 4.78 is 0. The van der Waals surface area contributed by atoms with Crippen molar-refractivity contribution < 1.29 is 9.90 Å². The van der Waals surface area contributed by atoms with Crippen molar-refractivity contribution in [3.8, 4) is 0 Å². The summed E-state index contributed by atoms with van der Waals surface area (Å²) in [6, 6.07) is 5.85. The van der Waals surface area contributed by atoms with Crippen molar-refractivity contribution in [3.05, 3.63) is 23.8 Å². The molecule has 1 fully saturated rings. The lowest BCUT2D eigenvalue weighted by Gasteiger charge is -2.34. The summed E-state index contributed by atoms with van der Waals surface area (Å²) in [7, 11) is 2.15. The van der Waals surface area contributed by atoms with Crippen molar-refractivity contribution in [3.63, 3.8) is 0 Å². The number of rotatable bonds is 6. The highest BCUT2D eigenvalue weighted by Gasteiger charge is 2.23. The van der Waals surface area contributed by atoms with Crippen molar-refractivity contribution >= 4 is 17.4 Å². The van der Waals surface area contributed by atoms with Crippen molar-refractivity contribution in [2.75, 3.05) is 50.0 Å². The average Bonchev–Trinajstić information content (AvgIpc) is 2.62. The maximum Gasteiger partial charge on any atom is 0.319 e. The summed E-state index contributed by atoms with van der Waals surface area (Å²) in [4.78, 5) is 16.8. The molecule has 1 aromatic rings. The van der Waals surface area contributed by atoms with Crippen LogP contribution >= 0.6 is 0 Å². The molecule has 25 heavy (non-hydrogen) atoms. The van der Waals surface area contributed by atoms with Gasteiger partial charge in [0.25, 0.3) is 0 Å². The topological polar surface area (TPSA) is 67.8 Å². The van der Waals surface area contributed by atoms with Crippen LogP contribution in [0.25, 0.3) is 0 Å². The number of carbonyl (C=O) groups is 1. The Bertz CT molecular complexity index is 579. The van der Waals surface area contributed by atoms with Gasteiger partial charge >= 0.3 is 6.03 Å². The molecule has 0 radical (unpaired) electrons. The Morgan fingerprint density at radius 3 is 2.40 bits per heavy atom. The number of anilines is 2. The van der Waals surface area contributed by atoms with Gasteiger partial charge in [-0.05, 0) is 50.6 Å². The smallest absolute Gasteiger partial charge is 0.319 e. The van der Waals surface area contributed by atoms with Crippen LogP contribution in [0.3, 0.4) is 0 Å². The molecule has 1 heterocycles. The molecule has 6 nitrogen and oxygen atoms in total. The lowest BCUT2D eigenvalue weighted by atomic mass is 9.98. The normalized spacial score (nSPS) is 16.0. The molecule has 1 aliphatic heterocycles. The molecule has 0 saturated carbocycles. The molecule has 2 amide bonds. The van der Waals surface area contributed by atoms with E-state index in [0.717, 1.165) is 37.4 Å². The van der Waals surface area contributed by atoms with Gasteiger partial charge < -0.3 is 25.5 Å². The zero-order valence-electron chi connectivity index (χ0n) is 15.9. The third kappa shape index (κ3) is 5.34. The molecule has 0 atom stereocenters. The Hall–Kier alpha value is -1.79. The minimum absolute atomic E-state index is 0.254. The van der Waals surface area contributed by atoms with E-state index < -0.39 is 5.60 Å². The first-order valence-electron chi connectivity index (χ1n) is 9.18. The van der Waals surface area contributed by atoms with Crippen LogP contribution in [0.1, 0.15) is 32.3 Å². The third-order valence-corrected chi connectivity index (χ3v) is 5.22. The number of hydrogen-bond donors (Lipinski definition) is 3. The number of piperazine rings is 1. The molecule has 6 heteroatoms. The van der Waals surface area contributed by atoms with Crippen LogP contribution in [-0.4, -0.2) is 61.4 Å². The van der Waals surface area contributed by atoms with E-state index in [1.165, 1.54) is 5.69 Å². The number of nitrogens with one attached hydrogen (secondary N) is 2. The molecule has 1 aromatic carbocycles. The Morgan fingerprint density at radius 2 is 1.84 bits per heavy atom. The molecular formula is C19H32N4O2. The fourth-order valence-electron chi connectivity index (χ4n) is 2.96. The van der Waals surface area contributed by atoms with E-state index in [9.17, 15) is 9.90 Å². The zero-order valence-corrected chi connectivity index (χ0v) is 15.9. The Labute approximate surface area is 151 Å². The van der Waals surface area contributed by atoms with Gasteiger partial charge in [-0.1, -0.05) is 13.8 Å². The van der Waals surface area contributed by atoms with Crippen LogP contribution < -0.4 is 15.5 Å². The van der Waals surface area contributed by atoms with E-state index in [1.807, 2.05) is 26.8 Å². The van der Waals surface area contributed by atoms with Crippen molar-refractivity contribution in [1.82, 2.24) is 10.2 Å². The van der Waals surface area contributed by atoms with E-state index >= 15 is 0 Å². The Kier molecular flexibility index (Phi) is 6.67. The number of hydrogen-bond acceptors (Lipinski definition) is 4. The van der Waals surface area contributed by atoms with Gasteiger partial charge in [-0.25, -0.2) is 4.79 Å². The molecule has 0 spiro atoms. The second-order valence-corrected chi connectivity index (χ2v) is 7.03. The molecule has 0 aromatic heterocycles. The highest BCUT2D eigenvalue weighted by atomic mass is 16.3. The first kappa shape index (κ1) is 19.5. The summed E-state index contributed by atoms with van der Waals surface area (Å²) in [5.41, 5.74) is 2.19. The zero-order chi connectivity index (χ0) is 18.4. The van der Waals surface area contributed by atoms with Gasteiger partial charge in [-0.15, -0.1) is 0 Å². The molecule has 1 saturated heterocycles. The molecule has 0 bridgehead atoms. The number of aryl methyl sites for hydroxylation is 1. The molecule has 2 rings (SSSR count). The number of aliphatic hydroxyl groups is 1. The van der Waals surface area contributed by atoms with Gasteiger partial charge in [-0.3, -0.25) is 0 Å². The molecule has 1 aliphatic rings. The van der Waals surface area contributed by atoms with Crippen LogP contribution in [-0.2, 0) is 0 Å². The predicted molar refractivity (Wildman–Crippen MR) is 103 cm³/mol. The monoisotopic (exact) mass is 348 g/mol. The van der Waals surface area contributed by atoms with Gasteiger partial charge in [0, 0.05) is 44.1 Å². The van der Waals surface area contributed by atoms with Crippen LogP contribution in [0.4, 0.5) is 16.2 Å². The number of likely N-dealkylation sites (N-methyl/N-ethyl adjacent to an activating group) is 1. The summed E-state index contributed by atoms with van der Waals surface area (Å²) in [6.07, 6.45) is 1.23. The van der Waals surface area contributed by atoms with Crippen molar-refractivity contribution in [1.29, 1.82) is 0 Å². The van der Waals surface area contributed by atoms with E-state index in [4.69, 9.17) is 0 Å². The van der Waals surface area contributed by atoms with Gasteiger partial charge in [0.15, 0.2) is 0 Å². The SMILES string of the molecule is CCC(O)(CC)CNC(=O)Nc1ccc(N2CCN(C)CC2)cc1C. The standard InChI is InChI=1S/C19H32N4O2/c1-5-19(25,6-2)14-20-18(24)21-17-8-7-16(13-15(17)3)23-11-9-22(4)10-12-23/h7-8,13,25H,5-6,9-12,14H2,1-4H3,(H2,20,21,24). The molecule has 0 aliphatic carbocycles. The Balaban J connectivity index is 1.93. The van der Waals surface area contributed by atoms with Crippen molar-refractivity contribution in [2.24, 2.45) is 0 Å². The number of urea groups is 1. The molecular weight excluding hydrogens is 316 g/mol. The van der Waals surface area contributed by atoms with Crippen LogP contribution in [0.2, 0.25) is 0 Å². The second kappa shape index (κ2) is 8.54. The first-order valence-corrected chi connectivity index (χ1v) is 9.18. The molecule has 140 valence electrons. The van der Waals surface area contributed by atoms with Crippen molar-refractivity contribution in [2.45, 2.75) is 39.2 Å². The van der Waals surface area contributed by atoms with E-state index in [1.54, 1.807) is 0 Å². The molecule has 3 N–H and O–H groups in total. The Morgan fingerprint density at radius 1 is 1.20 bits per heavy atom. The number of nitrogens with zero attached hydrogens (tertiary/aromatic N) is 2. The van der Waals surface area contributed by atoms with Crippen LogP contribution in [0, 0.1) is 6.92 Å². The average molecular weight is 348 g/mol. The fourth-order valence-corrected chi connectivity index (χ4v) is 2.96. The minimum atomic E-state index is -0.836. The number of carbonyl (C=O) groups excluding carboxylic acids is 1. The summed E-state index contributed by atoms with van der Waals surface area (Å²) >= 11 is 0. The quantitative estimate of drug-likeness (QED) is 0.739. The summed E-state index contributed by atoms with van der Waals surface area (Å²) in [5, 5.41) is 15.9. The van der Waals surface area contributed by atoms with Gasteiger partial charge in [0.05, 0.1) is 5.60 Å². The van der Waals surface area contributed by atoms with Crippen LogP contribution in [0.15, 0.2) is 18.2 Å². The maximum atomic E-state index is 12.1. The van der Waals surface area contributed by atoms with E-state index in [-0.39, 0.29) is 12.6 Å². The number of benzene rings is 1. The second-order valence-electron chi connectivity index (χ2n) is 7.03. The lowest BCUT2D eigenvalue weighted by Crippen LogP contribution is -2.44. The molecule has 0 unspecified atom stereocenters. The van der Waals surface area contributed by atoms with E-state index in [0.29, 0.717) is 12.8 Å². The number of amides is 2. The lowest BCUT2D eigenvalue weighted by molar-refractivity contribution is 0.0354. The minimum Gasteiger partial charge on any atom is -0.388 e.